The predicted molar refractivity (Wildman–Crippen MR) is 80.5 cm³/mol. The molecule has 0 bridgehead atoms. The molecule has 2 aromatic rings. The molecule has 2 nitrogen and oxygen atoms in total. The Labute approximate surface area is 118 Å². The summed E-state index contributed by atoms with van der Waals surface area (Å²) in [5.74, 6) is 0. The van der Waals surface area contributed by atoms with Gasteiger partial charge in [0.05, 0.1) is 10.7 Å². The third-order valence-electron chi connectivity index (χ3n) is 3.67. The minimum atomic E-state index is 0.149. The maximum atomic E-state index is 4.80. The van der Waals surface area contributed by atoms with Crippen molar-refractivity contribution < 1.29 is 0 Å². The Bertz CT molecular complexity index is 580. The van der Waals surface area contributed by atoms with E-state index in [4.69, 9.17) is 4.98 Å². The number of benzene rings is 1. The van der Waals surface area contributed by atoms with Crippen LogP contribution in [0.5, 0.6) is 0 Å². The van der Waals surface area contributed by atoms with Crippen LogP contribution in [0.1, 0.15) is 48.6 Å². The molecule has 0 fully saturated rings. The Morgan fingerprint density at radius 1 is 1.32 bits per heavy atom. The summed E-state index contributed by atoms with van der Waals surface area (Å²) in [6.07, 6.45) is 0.998. The lowest BCUT2D eigenvalue weighted by Crippen LogP contribution is -2.15. The van der Waals surface area contributed by atoms with Gasteiger partial charge in [0.2, 0.25) is 0 Å². The first-order valence-electron chi connectivity index (χ1n) is 6.80. The molecule has 0 spiro atoms. The van der Waals surface area contributed by atoms with Crippen LogP contribution in [0.15, 0.2) is 29.6 Å². The van der Waals surface area contributed by atoms with Crippen molar-refractivity contribution in [2.45, 2.75) is 45.2 Å². The van der Waals surface area contributed by atoms with E-state index in [1.165, 1.54) is 21.8 Å². The lowest BCUT2D eigenvalue weighted by molar-refractivity contribution is 0.557. The first kappa shape index (κ1) is 12.8. The number of hydrogen-bond acceptors (Lipinski definition) is 3. The molecule has 3 heteroatoms. The van der Waals surface area contributed by atoms with E-state index in [9.17, 15) is 0 Å². The molecule has 1 unspecified atom stereocenters. The van der Waals surface area contributed by atoms with Crippen LogP contribution in [-0.2, 0) is 18.4 Å². The van der Waals surface area contributed by atoms with Gasteiger partial charge in [0.25, 0.3) is 0 Å². The number of nitrogens with one attached hydrogen (secondary N) is 1. The molecule has 100 valence electrons. The number of nitrogens with zero attached hydrogens (tertiary/aromatic N) is 1. The summed E-state index contributed by atoms with van der Waals surface area (Å²) in [6, 6.07) is 9.11. The molecule has 19 heavy (non-hydrogen) atoms. The highest BCUT2D eigenvalue weighted by Crippen LogP contribution is 2.30. The molecule has 0 aliphatic carbocycles. The summed E-state index contributed by atoms with van der Waals surface area (Å²) in [4.78, 5) is 4.80. The standard InChI is InChI=1S/C16H20N2S/c1-16(2,3)14-10-19-15(18-14)8-13-12-7-5-4-6-11(12)9-17-13/h4-7,10,13,17H,8-9H2,1-3H3. The van der Waals surface area contributed by atoms with E-state index in [2.05, 4.69) is 55.7 Å². The zero-order valence-corrected chi connectivity index (χ0v) is 12.6. The van der Waals surface area contributed by atoms with E-state index in [0.29, 0.717) is 6.04 Å². The SMILES string of the molecule is CC(C)(C)c1csc(CC2NCc3ccccc32)n1. The van der Waals surface area contributed by atoms with Gasteiger partial charge in [-0.1, -0.05) is 45.0 Å². The van der Waals surface area contributed by atoms with Crippen LogP contribution in [0.4, 0.5) is 0 Å². The topological polar surface area (TPSA) is 24.9 Å². The third kappa shape index (κ3) is 2.58. The third-order valence-corrected chi connectivity index (χ3v) is 4.54. The first-order valence-corrected chi connectivity index (χ1v) is 7.68. The van der Waals surface area contributed by atoms with Gasteiger partial charge in [-0.15, -0.1) is 11.3 Å². The monoisotopic (exact) mass is 272 g/mol. The van der Waals surface area contributed by atoms with Crippen molar-refractivity contribution in [1.29, 1.82) is 0 Å². The second-order valence-corrected chi connectivity index (χ2v) is 7.16. The maximum Gasteiger partial charge on any atom is 0.0947 e. The second-order valence-electron chi connectivity index (χ2n) is 6.21. The zero-order chi connectivity index (χ0) is 13.5. The lowest BCUT2D eigenvalue weighted by atomic mass is 9.93. The number of aromatic nitrogens is 1. The summed E-state index contributed by atoms with van der Waals surface area (Å²) in [7, 11) is 0. The fraction of sp³-hybridized carbons (Fsp3) is 0.438. The normalized spacial score (nSPS) is 18.6. The number of rotatable bonds is 2. The van der Waals surface area contributed by atoms with E-state index in [1.54, 1.807) is 11.3 Å². The second kappa shape index (κ2) is 4.73. The van der Waals surface area contributed by atoms with Crippen LogP contribution in [0, 0.1) is 0 Å². The van der Waals surface area contributed by atoms with E-state index in [1.807, 2.05) is 0 Å². The molecule has 0 saturated heterocycles. The van der Waals surface area contributed by atoms with Crippen molar-refractivity contribution in [2.24, 2.45) is 0 Å². The number of thiazole rings is 1. The summed E-state index contributed by atoms with van der Waals surface area (Å²) in [6.45, 7) is 7.64. The molecule has 3 rings (SSSR count). The lowest BCUT2D eigenvalue weighted by Gasteiger charge is -2.14. The van der Waals surface area contributed by atoms with Crippen LogP contribution >= 0.6 is 11.3 Å². The summed E-state index contributed by atoms with van der Waals surface area (Å²) in [5, 5.41) is 7.03. The van der Waals surface area contributed by atoms with Crippen molar-refractivity contribution in [2.75, 3.05) is 0 Å². The molecule has 0 amide bonds. The molecule has 0 saturated carbocycles. The minimum Gasteiger partial charge on any atom is -0.305 e. The van der Waals surface area contributed by atoms with Crippen molar-refractivity contribution in [1.82, 2.24) is 10.3 Å². The van der Waals surface area contributed by atoms with Crippen LogP contribution in [0.25, 0.3) is 0 Å². The number of fused-ring (bicyclic) bond motifs is 1. The highest BCUT2D eigenvalue weighted by Gasteiger charge is 2.23. The van der Waals surface area contributed by atoms with Gasteiger partial charge < -0.3 is 5.32 Å². The minimum absolute atomic E-state index is 0.149. The molecule has 1 aliphatic rings. The van der Waals surface area contributed by atoms with E-state index >= 15 is 0 Å². The van der Waals surface area contributed by atoms with Gasteiger partial charge in [0.1, 0.15) is 0 Å². The van der Waals surface area contributed by atoms with Crippen molar-refractivity contribution in [3.63, 3.8) is 0 Å². The fourth-order valence-corrected chi connectivity index (χ4v) is 3.55. The summed E-state index contributed by atoms with van der Waals surface area (Å²) in [5.41, 5.74) is 4.23. The molecule has 1 aliphatic heterocycles. The van der Waals surface area contributed by atoms with E-state index < -0.39 is 0 Å². The fourth-order valence-electron chi connectivity index (χ4n) is 2.48. The van der Waals surface area contributed by atoms with Crippen molar-refractivity contribution in [3.05, 3.63) is 51.5 Å². The zero-order valence-electron chi connectivity index (χ0n) is 11.7. The largest absolute Gasteiger partial charge is 0.305 e. The maximum absolute atomic E-state index is 4.80. The van der Waals surface area contributed by atoms with Crippen molar-refractivity contribution in [3.8, 4) is 0 Å². The molecular formula is C16H20N2S. The molecular weight excluding hydrogens is 252 g/mol. The Morgan fingerprint density at radius 3 is 2.84 bits per heavy atom. The van der Waals surface area contributed by atoms with Gasteiger partial charge in [-0.25, -0.2) is 4.98 Å². The number of hydrogen-bond donors (Lipinski definition) is 1. The van der Waals surface area contributed by atoms with Crippen molar-refractivity contribution >= 4 is 11.3 Å². The first-order chi connectivity index (χ1) is 9.04. The Balaban J connectivity index is 1.78. The Kier molecular flexibility index (Phi) is 3.19. The average molecular weight is 272 g/mol. The van der Waals surface area contributed by atoms with Gasteiger partial charge in [-0.2, -0.15) is 0 Å². The predicted octanol–water partition coefficient (Wildman–Crippen LogP) is 3.83. The van der Waals surface area contributed by atoms with E-state index in [0.717, 1.165) is 13.0 Å². The van der Waals surface area contributed by atoms with E-state index in [-0.39, 0.29) is 5.41 Å². The van der Waals surface area contributed by atoms with Gasteiger partial charge >= 0.3 is 0 Å². The van der Waals surface area contributed by atoms with Crippen LogP contribution in [0.3, 0.4) is 0 Å². The molecule has 1 N–H and O–H groups in total. The van der Waals surface area contributed by atoms with Gasteiger partial charge in [-0.05, 0) is 11.1 Å². The molecule has 1 aromatic carbocycles. The highest BCUT2D eigenvalue weighted by atomic mass is 32.1. The van der Waals surface area contributed by atoms with Gasteiger partial charge in [0, 0.05) is 29.8 Å². The van der Waals surface area contributed by atoms with Crippen LogP contribution in [-0.4, -0.2) is 4.98 Å². The summed E-state index contributed by atoms with van der Waals surface area (Å²) < 4.78 is 0. The van der Waals surface area contributed by atoms with Gasteiger partial charge in [-0.3, -0.25) is 0 Å². The van der Waals surface area contributed by atoms with Crippen LogP contribution < -0.4 is 5.32 Å². The molecule has 1 atom stereocenters. The Morgan fingerprint density at radius 2 is 2.11 bits per heavy atom. The highest BCUT2D eigenvalue weighted by molar-refractivity contribution is 7.09. The summed E-state index contributed by atoms with van der Waals surface area (Å²) >= 11 is 1.79. The molecule has 2 heterocycles. The smallest absolute Gasteiger partial charge is 0.0947 e. The van der Waals surface area contributed by atoms with Gasteiger partial charge in [0.15, 0.2) is 0 Å². The average Bonchev–Trinajstić information content (AvgIpc) is 2.97. The Hall–Kier alpha value is -1.19. The molecule has 1 aromatic heterocycles. The molecule has 0 radical (unpaired) electrons. The van der Waals surface area contributed by atoms with Crippen LogP contribution in [0.2, 0.25) is 0 Å². The quantitative estimate of drug-likeness (QED) is 0.898.